The molecule has 1 fully saturated rings. The molecule has 0 saturated carbocycles. The molecule has 2 aliphatic rings. The van der Waals surface area contributed by atoms with E-state index in [2.05, 4.69) is 0 Å². The summed E-state index contributed by atoms with van der Waals surface area (Å²) < 4.78 is 58.4. The van der Waals surface area contributed by atoms with Gasteiger partial charge < -0.3 is 4.74 Å². The van der Waals surface area contributed by atoms with Crippen LogP contribution in [-0.2, 0) is 20.5 Å². The molecular weight excluding hydrogens is 324 g/mol. The van der Waals surface area contributed by atoms with Crippen LogP contribution in [0.5, 0.6) is 0 Å². The third-order valence-electron chi connectivity index (χ3n) is 3.87. The van der Waals surface area contributed by atoms with Crippen LogP contribution in [0.1, 0.15) is 12.0 Å². The van der Waals surface area contributed by atoms with E-state index in [4.69, 9.17) is 16.3 Å². The molecule has 0 bridgehead atoms. The Kier molecular flexibility index (Phi) is 3.62. The summed E-state index contributed by atoms with van der Waals surface area (Å²) in [6.07, 6.45) is -0.381. The van der Waals surface area contributed by atoms with Crippen molar-refractivity contribution >= 4 is 27.3 Å². The molecule has 4 nitrogen and oxygen atoms in total. The summed E-state index contributed by atoms with van der Waals surface area (Å²) in [6, 6.07) is 4.71. The second-order valence-corrected chi connectivity index (χ2v) is 7.67. The zero-order chi connectivity index (χ0) is 15.3. The number of hydrogen-bond donors (Lipinski definition) is 0. The van der Waals surface area contributed by atoms with Crippen LogP contribution in [0.25, 0.3) is 0 Å². The zero-order valence-corrected chi connectivity index (χ0v) is 12.6. The minimum atomic E-state index is -3.63. The molecule has 0 aromatic heterocycles. The van der Waals surface area contributed by atoms with Gasteiger partial charge in [-0.3, -0.25) is 4.31 Å². The van der Waals surface area contributed by atoms with Gasteiger partial charge in [-0.15, -0.1) is 0 Å². The van der Waals surface area contributed by atoms with E-state index in [-0.39, 0.29) is 31.9 Å². The standard InChI is InChI=1S/C13H14ClF2NO3S/c14-11-2-1-9-8-21(18,19)17(12(9)5-11)6-10-7-20-4-3-13(10,15)16/h1-2,5,10H,3-4,6-8H2. The van der Waals surface area contributed by atoms with Gasteiger partial charge in [-0.05, 0) is 17.7 Å². The minimum Gasteiger partial charge on any atom is -0.381 e. The van der Waals surface area contributed by atoms with Crippen molar-refractivity contribution < 1.29 is 21.9 Å². The van der Waals surface area contributed by atoms with Gasteiger partial charge in [-0.2, -0.15) is 0 Å². The molecule has 0 radical (unpaired) electrons. The number of nitrogens with zero attached hydrogens (tertiary/aromatic N) is 1. The number of rotatable bonds is 2. The maximum absolute atomic E-state index is 13.9. The van der Waals surface area contributed by atoms with E-state index in [1.54, 1.807) is 12.1 Å². The number of sulfonamides is 1. The third-order valence-corrected chi connectivity index (χ3v) is 5.80. The third kappa shape index (κ3) is 2.74. The minimum absolute atomic E-state index is 0.00132. The molecule has 1 aromatic carbocycles. The van der Waals surface area contributed by atoms with Gasteiger partial charge in [0.25, 0.3) is 5.92 Å². The number of halogens is 3. The van der Waals surface area contributed by atoms with Gasteiger partial charge in [-0.1, -0.05) is 17.7 Å². The average molecular weight is 338 g/mol. The lowest BCUT2D eigenvalue weighted by Crippen LogP contribution is -2.45. The first-order valence-corrected chi connectivity index (χ1v) is 8.53. The number of anilines is 1. The number of hydrogen-bond acceptors (Lipinski definition) is 3. The Labute approximate surface area is 126 Å². The van der Waals surface area contributed by atoms with Crippen LogP contribution in [-0.4, -0.2) is 34.1 Å². The lowest BCUT2D eigenvalue weighted by molar-refractivity contribution is -0.136. The van der Waals surface area contributed by atoms with Crippen molar-refractivity contribution in [2.75, 3.05) is 24.1 Å². The van der Waals surface area contributed by atoms with Crippen LogP contribution in [0.3, 0.4) is 0 Å². The summed E-state index contributed by atoms with van der Waals surface area (Å²) >= 11 is 5.89. The van der Waals surface area contributed by atoms with E-state index in [0.717, 1.165) is 4.31 Å². The average Bonchev–Trinajstić information content (AvgIpc) is 2.63. The molecule has 8 heteroatoms. The van der Waals surface area contributed by atoms with Gasteiger partial charge in [0.15, 0.2) is 0 Å². The Morgan fingerprint density at radius 3 is 2.90 bits per heavy atom. The van der Waals surface area contributed by atoms with Crippen molar-refractivity contribution in [2.24, 2.45) is 5.92 Å². The fraction of sp³-hybridized carbons (Fsp3) is 0.538. The van der Waals surface area contributed by atoms with Crippen LogP contribution in [0, 0.1) is 5.92 Å². The molecule has 2 heterocycles. The highest BCUT2D eigenvalue weighted by Crippen LogP contribution is 2.39. The van der Waals surface area contributed by atoms with E-state index in [1.807, 2.05) is 0 Å². The highest BCUT2D eigenvalue weighted by molar-refractivity contribution is 7.92. The molecular formula is C13H14ClF2NO3S. The van der Waals surface area contributed by atoms with Gasteiger partial charge >= 0.3 is 0 Å². The lowest BCUT2D eigenvalue weighted by atomic mass is 9.97. The molecule has 3 rings (SSSR count). The highest BCUT2D eigenvalue weighted by Gasteiger charge is 2.46. The molecule has 1 atom stereocenters. The summed E-state index contributed by atoms with van der Waals surface area (Å²) in [4.78, 5) is 0. The Balaban J connectivity index is 1.93. The quantitative estimate of drug-likeness (QED) is 0.833. The second kappa shape index (κ2) is 5.07. The first kappa shape index (κ1) is 15.0. The van der Waals surface area contributed by atoms with E-state index in [9.17, 15) is 17.2 Å². The van der Waals surface area contributed by atoms with E-state index in [1.165, 1.54) is 6.07 Å². The van der Waals surface area contributed by atoms with Crippen molar-refractivity contribution in [3.8, 4) is 0 Å². The number of alkyl halides is 2. The largest absolute Gasteiger partial charge is 0.381 e. The predicted molar refractivity (Wildman–Crippen MR) is 75.3 cm³/mol. The summed E-state index contributed by atoms with van der Waals surface area (Å²) in [5.41, 5.74) is 0.975. The van der Waals surface area contributed by atoms with Crippen LogP contribution in [0.2, 0.25) is 5.02 Å². The highest BCUT2D eigenvalue weighted by atomic mass is 35.5. The molecule has 0 aliphatic carbocycles. The molecule has 1 aromatic rings. The Morgan fingerprint density at radius 2 is 2.19 bits per heavy atom. The van der Waals surface area contributed by atoms with E-state index in [0.29, 0.717) is 16.3 Å². The fourth-order valence-corrected chi connectivity index (χ4v) is 4.51. The number of ether oxygens (including phenoxy) is 1. The lowest BCUT2D eigenvalue weighted by Gasteiger charge is -2.34. The van der Waals surface area contributed by atoms with E-state index >= 15 is 0 Å². The van der Waals surface area contributed by atoms with Crippen LogP contribution in [0.4, 0.5) is 14.5 Å². The molecule has 0 spiro atoms. The molecule has 1 unspecified atom stereocenters. The van der Waals surface area contributed by atoms with E-state index < -0.39 is 21.9 Å². The van der Waals surface area contributed by atoms with Gasteiger partial charge in [0.1, 0.15) is 0 Å². The first-order chi connectivity index (χ1) is 9.79. The summed E-state index contributed by atoms with van der Waals surface area (Å²) in [5.74, 6) is -4.25. The first-order valence-electron chi connectivity index (χ1n) is 6.54. The molecule has 116 valence electrons. The maximum atomic E-state index is 13.9. The van der Waals surface area contributed by atoms with Crippen molar-refractivity contribution in [3.63, 3.8) is 0 Å². The van der Waals surface area contributed by atoms with Crippen molar-refractivity contribution in [3.05, 3.63) is 28.8 Å². The van der Waals surface area contributed by atoms with Crippen molar-refractivity contribution in [1.29, 1.82) is 0 Å². The summed E-state index contributed by atoms with van der Waals surface area (Å²) in [5, 5.41) is 0.377. The number of benzene rings is 1. The fourth-order valence-electron chi connectivity index (χ4n) is 2.67. The van der Waals surface area contributed by atoms with Gasteiger partial charge in [0.05, 0.1) is 30.6 Å². The smallest absolute Gasteiger partial charge is 0.257 e. The molecule has 21 heavy (non-hydrogen) atoms. The zero-order valence-electron chi connectivity index (χ0n) is 11.1. The predicted octanol–water partition coefficient (Wildman–Crippen LogP) is 2.66. The Hall–Kier alpha value is -0.920. The van der Waals surface area contributed by atoms with Gasteiger partial charge in [-0.25, -0.2) is 17.2 Å². The normalized spacial score (nSPS) is 26.6. The molecule has 0 N–H and O–H groups in total. The molecule has 2 aliphatic heterocycles. The molecule has 1 saturated heterocycles. The van der Waals surface area contributed by atoms with Crippen LogP contribution in [0.15, 0.2) is 18.2 Å². The monoisotopic (exact) mass is 337 g/mol. The topological polar surface area (TPSA) is 46.6 Å². The summed E-state index contributed by atoms with van der Waals surface area (Å²) in [7, 11) is -3.63. The Morgan fingerprint density at radius 1 is 1.43 bits per heavy atom. The van der Waals surface area contributed by atoms with Gasteiger partial charge in [0.2, 0.25) is 10.0 Å². The maximum Gasteiger partial charge on any atom is 0.257 e. The SMILES string of the molecule is O=S1(=O)Cc2ccc(Cl)cc2N1CC1COCCC1(F)F. The summed E-state index contributed by atoms with van der Waals surface area (Å²) in [6.45, 7) is -0.434. The molecule has 0 amide bonds. The van der Waals surface area contributed by atoms with Crippen LogP contribution < -0.4 is 4.31 Å². The van der Waals surface area contributed by atoms with Gasteiger partial charge in [0, 0.05) is 18.0 Å². The van der Waals surface area contributed by atoms with Crippen molar-refractivity contribution in [2.45, 2.75) is 18.1 Å². The Bertz CT molecular complexity index is 665. The number of fused-ring (bicyclic) bond motifs is 1. The van der Waals surface area contributed by atoms with Crippen molar-refractivity contribution in [1.82, 2.24) is 0 Å². The van der Waals surface area contributed by atoms with Crippen LogP contribution >= 0.6 is 11.6 Å². The second-order valence-electron chi connectivity index (χ2n) is 5.34.